The molecule has 4 rings (SSSR count). The molecule has 0 aliphatic carbocycles. The predicted molar refractivity (Wildman–Crippen MR) is 110 cm³/mol. The minimum Gasteiger partial charge on any atom is -0.459 e. The van der Waals surface area contributed by atoms with Crippen molar-refractivity contribution in [1.82, 2.24) is 4.90 Å². The number of hydrogen-bond donors (Lipinski definition) is 0. The van der Waals surface area contributed by atoms with Crippen molar-refractivity contribution in [1.29, 1.82) is 0 Å². The van der Waals surface area contributed by atoms with Crippen LogP contribution in [0.2, 0.25) is 5.02 Å². The van der Waals surface area contributed by atoms with Crippen molar-refractivity contribution in [2.75, 3.05) is 31.1 Å². The molecule has 2 aromatic carbocycles. The molecule has 3 aromatic rings. The second-order valence-electron chi connectivity index (χ2n) is 6.78. The minimum atomic E-state index is -0.382. The Morgan fingerprint density at radius 2 is 1.79 bits per heavy atom. The highest BCUT2D eigenvalue weighted by Gasteiger charge is 2.20. The molecule has 6 nitrogen and oxygen atoms in total. The summed E-state index contributed by atoms with van der Waals surface area (Å²) in [6.45, 7) is 4.34. The highest BCUT2D eigenvalue weighted by molar-refractivity contribution is 6.30. The van der Waals surface area contributed by atoms with Gasteiger partial charge in [-0.2, -0.15) is 0 Å². The molecule has 0 N–H and O–H groups in total. The molecule has 1 aliphatic heterocycles. The summed E-state index contributed by atoms with van der Waals surface area (Å²) in [5.41, 5.74) is 1.70. The molecule has 7 heteroatoms. The molecule has 0 radical (unpaired) electrons. The van der Waals surface area contributed by atoms with Gasteiger partial charge in [0.25, 0.3) is 5.69 Å². The molecule has 0 saturated carbocycles. The van der Waals surface area contributed by atoms with Gasteiger partial charge >= 0.3 is 0 Å². The van der Waals surface area contributed by atoms with E-state index < -0.39 is 0 Å². The Morgan fingerprint density at radius 3 is 2.54 bits per heavy atom. The normalized spacial score (nSPS) is 15.0. The molecule has 1 aliphatic rings. The number of nitrogens with zero attached hydrogens (tertiary/aromatic N) is 3. The Hall–Kier alpha value is -2.83. The number of furan rings is 1. The topological polar surface area (TPSA) is 62.8 Å². The standard InChI is InChI=1S/C21H20ClN3O3/c22-16-4-3-5-17(14-16)24-12-10-23(11-13-24)15-18-8-9-21(28-18)19-6-1-2-7-20(19)25(26)27/h1-9,14H,10-13,15H2. The average molecular weight is 398 g/mol. The molecule has 1 saturated heterocycles. The van der Waals surface area contributed by atoms with Crippen LogP contribution in [0, 0.1) is 10.1 Å². The Kier molecular flexibility index (Phi) is 5.32. The van der Waals surface area contributed by atoms with E-state index in [2.05, 4.69) is 15.9 Å². The van der Waals surface area contributed by atoms with Crippen LogP contribution in [0.5, 0.6) is 0 Å². The first kappa shape index (κ1) is 18.5. The Bertz CT molecular complexity index is 980. The second-order valence-corrected chi connectivity index (χ2v) is 7.22. The van der Waals surface area contributed by atoms with Gasteiger partial charge in [-0.3, -0.25) is 15.0 Å². The summed E-state index contributed by atoms with van der Waals surface area (Å²) in [5.74, 6) is 1.34. The first-order chi connectivity index (χ1) is 13.6. The lowest BCUT2D eigenvalue weighted by molar-refractivity contribution is -0.384. The largest absolute Gasteiger partial charge is 0.459 e. The number of piperazine rings is 1. The van der Waals surface area contributed by atoms with Crippen LogP contribution in [0.25, 0.3) is 11.3 Å². The van der Waals surface area contributed by atoms with Crippen LogP contribution in [0.1, 0.15) is 5.76 Å². The first-order valence-electron chi connectivity index (χ1n) is 9.15. The van der Waals surface area contributed by atoms with E-state index in [0.717, 1.165) is 42.6 Å². The van der Waals surface area contributed by atoms with E-state index >= 15 is 0 Å². The number of anilines is 1. The van der Waals surface area contributed by atoms with Crippen molar-refractivity contribution in [3.05, 3.63) is 81.6 Å². The van der Waals surface area contributed by atoms with Gasteiger partial charge in [-0.15, -0.1) is 0 Å². The number of benzene rings is 2. The highest BCUT2D eigenvalue weighted by atomic mass is 35.5. The van der Waals surface area contributed by atoms with Crippen LogP contribution in [-0.2, 0) is 6.54 Å². The van der Waals surface area contributed by atoms with Crippen LogP contribution in [-0.4, -0.2) is 36.0 Å². The van der Waals surface area contributed by atoms with E-state index in [0.29, 0.717) is 17.9 Å². The maximum Gasteiger partial charge on any atom is 0.280 e. The van der Waals surface area contributed by atoms with Crippen LogP contribution < -0.4 is 4.90 Å². The Balaban J connectivity index is 1.40. The summed E-state index contributed by atoms with van der Waals surface area (Å²) in [7, 11) is 0. The fourth-order valence-electron chi connectivity index (χ4n) is 3.51. The van der Waals surface area contributed by atoms with Gasteiger partial charge in [-0.25, -0.2) is 0 Å². The van der Waals surface area contributed by atoms with Gasteiger partial charge in [0.15, 0.2) is 0 Å². The van der Waals surface area contributed by atoms with Gasteiger partial charge in [-0.05, 0) is 36.4 Å². The van der Waals surface area contributed by atoms with E-state index in [4.69, 9.17) is 16.0 Å². The van der Waals surface area contributed by atoms with Crippen molar-refractivity contribution in [3.8, 4) is 11.3 Å². The van der Waals surface area contributed by atoms with E-state index in [1.807, 2.05) is 24.3 Å². The lowest BCUT2D eigenvalue weighted by atomic mass is 10.1. The van der Waals surface area contributed by atoms with Crippen molar-refractivity contribution < 1.29 is 9.34 Å². The third kappa shape index (κ3) is 4.03. The number of nitro groups is 1. The summed E-state index contributed by atoms with van der Waals surface area (Å²) in [5, 5.41) is 12.0. The van der Waals surface area contributed by atoms with Gasteiger partial charge in [-0.1, -0.05) is 29.8 Å². The van der Waals surface area contributed by atoms with Crippen molar-refractivity contribution in [2.45, 2.75) is 6.54 Å². The van der Waals surface area contributed by atoms with Gasteiger partial charge in [0.1, 0.15) is 11.5 Å². The molecule has 0 spiro atoms. The highest BCUT2D eigenvalue weighted by Crippen LogP contribution is 2.31. The van der Waals surface area contributed by atoms with E-state index in [1.54, 1.807) is 24.3 Å². The maximum atomic E-state index is 11.2. The zero-order valence-electron chi connectivity index (χ0n) is 15.3. The van der Waals surface area contributed by atoms with Gasteiger partial charge in [0.05, 0.1) is 17.0 Å². The smallest absolute Gasteiger partial charge is 0.280 e. The minimum absolute atomic E-state index is 0.0542. The summed E-state index contributed by atoms with van der Waals surface area (Å²) in [6, 6.07) is 18.3. The third-order valence-electron chi connectivity index (χ3n) is 4.95. The zero-order valence-corrected chi connectivity index (χ0v) is 16.0. The molecule has 1 aromatic heterocycles. The fourth-order valence-corrected chi connectivity index (χ4v) is 3.69. The molecular weight excluding hydrogens is 378 g/mol. The van der Waals surface area contributed by atoms with E-state index in [9.17, 15) is 10.1 Å². The number of hydrogen-bond acceptors (Lipinski definition) is 5. The molecule has 28 heavy (non-hydrogen) atoms. The van der Waals surface area contributed by atoms with Crippen LogP contribution in [0.3, 0.4) is 0 Å². The number of halogens is 1. The molecule has 0 amide bonds. The SMILES string of the molecule is O=[N+]([O-])c1ccccc1-c1ccc(CN2CCN(c3cccc(Cl)c3)CC2)o1. The monoisotopic (exact) mass is 397 g/mol. The summed E-state index contributed by atoms with van der Waals surface area (Å²) in [4.78, 5) is 15.5. The maximum absolute atomic E-state index is 11.2. The lowest BCUT2D eigenvalue weighted by Crippen LogP contribution is -2.45. The fraction of sp³-hybridized carbons (Fsp3) is 0.238. The number of rotatable bonds is 5. The molecular formula is C21H20ClN3O3. The Labute approximate surface area is 168 Å². The third-order valence-corrected chi connectivity index (χ3v) is 5.19. The summed E-state index contributed by atoms with van der Waals surface area (Å²) >= 11 is 6.09. The molecule has 144 valence electrons. The van der Waals surface area contributed by atoms with Crippen molar-refractivity contribution >= 4 is 23.0 Å². The average Bonchev–Trinajstić information content (AvgIpc) is 3.17. The first-order valence-corrected chi connectivity index (χ1v) is 9.53. The van der Waals surface area contributed by atoms with Crippen LogP contribution >= 0.6 is 11.6 Å². The zero-order chi connectivity index (χ0) is 19.5. The number of para-hydroxylation sites is 1. The predicted octanol–water partition coefficient (Wildman–Crippen LogP) is 4.83. The molecule has 1 fully saturated rings. The second kappa shape index (κ2) is 8.04. The molecule has 0 bridgehead atoms. The van der Waals surface area contributed by atoms with Crippen LogP contribution in [0.15, 0.2) is 65.1 Å². The Morgan fingerprint density at radius 1 is 1.00 bits per heavy atom. The molecule has 2 heterocycles. The van der Waals surface area contributed by atoms with Gasteiger partial charge in [0.2, 0.25) is 0 Å². The van der Waals surface area contributed by atoms with Crippen LogP contribution in [0.4, 0.5) is 11.4 Å². The molecule has 0 atom stereocenters. The van der Waals surface area contributed by atoms with E-state index in [1.165, 1.54) is 6.07 Å². The van der Waals surface area contributed by atoms with Crippen molar-refractivity contribution in [2.24, 2.45) is 0 Å². The number of nitro benzene ring substituents is 1. The summed E-state index contributed by atoms with van der Waals surface area (Å²) in [6.07, 6.45) is 0. The summed E-state index contributed by atoms with van der Waals surface area (Å²) < 4.78 is 5.91. The van der Waals surface area contributed by atoms with Gasteiger partial charge in [0, 0.05) is 43.0 Å². The molecule has 0 unspecified atom stereocenters. The van der Waals surface area contributed by atoms with E-state index in [-0.39, 0.29) is 10.6 Å². The lowest BCUT2D eigenvalue weighted by Gasteiger charge is -2.35. The van der Waals surface area contributed by atoms with Gasteiger partial charge < -0.3 is 9.32 Å². The quantitative estimate of drug-likeness (QED) is 0.455. The van der Waals surface area contributed by atoms with Crippen molar-refractivity contribution in [3.63, 3.8) is 0 Å².